The number of pyridine rings is 1. The maximum atomic E-state index is 6.03. The van der Waals surface area contributed by atoms with E-state index in [-0.39, 0.29) is 6.17 Å². The summed E-state index contributed by atoms with van der Waals surface area (Å²) in [5.74, 6) is 1.80. The van der Waals surface area contributed by atoms with Crippen molar-refractivity contribution in [1.82, 2.24) is 18.9 Å². The topological polar surface area (TPSA) is 94.8 Å². The van der Waals surface area contributed by atoms with Gasteiger partial charge in [0.25, 0.3) is 0 Å². The van der Waals surface area contributed by atoms with Crippen LogP contribution >= 0.6 is 0 Å². The molecule has 0 unspecified atom stereocenters. The first kappa shape index (κ1) is 17.5. The van der Waals surface area contributed by atoms with Crippen molar-refractivity contribution in [3.63, 3.8) is 0 Å². The average Bonchev–Trinajstić information content (AvgIpc) is 3.38. The standard InChI is InChI=1S/C23H19N7O/c24-22-27-21(30-19-6-2-1-5-18(19)26-23(30)28-22)15-8-10-17(11-9-15)31-14-16-13-29-12-4-3-7-20(29)25-16/h1-13,21H,14H2,(H3,24,26,27,28)/t21-/m1/s1. The number of rotatable bonds is 4. The first-order valence-electron chi connectivity index (χ1n) is 9.97. The number of benzene rings is 2. The Balaban J connectivity index is 1.26. The summed E-state index contributed by atoms with van der Waals surface area (Å²) in [4.78, 5) is 13.8. The number of aliphatic imine (C=N–C) groups is 1. The quantitative estimate of drug-likeness (QED) is 0.473. The minimum Gasteiger partial charge on any atom is -0.487 e. The number of imidazole rings is 2. The zero-order valence-corrected chi connectivity index (χ0v) is 16.5. The molecule has 3 aromatic heterocycles. The minimum absolute atomic E-state index is 0.295. The number of para-hydroxylation sites is 2. The molecule has 5 aromatic rings. The molecular formula is C23H19N7O. The third-order valence-corrected chi connectivity index (χ3v) is 5.32. The molecule has 0 saturated heterocycles. The van der Waals surface area contributed by atoms with E-state index in [2.05, 4.69) is 24.8 Å². The monoisotopic (exact) mass is 409 g/mol. The molecule has 31 heavy (non-hydrogen) atoms. The second-order valence-electron chi connectivity index (χ2n) is 7.36. The van der Waals surface area contributed by atoms with E-state index in [0.717, 1.165) is 33.7 Å². The Labute approximate surface area is 177 Å². The molecule has 152 valence electrons. The molecule has 4 heterocycles. The molecule has 0 spiro atoms. The number of anilines is 1. The van der Waals surface area contributed by atoms with Crippen LogP contribution in [0.5, 0.6) is 5.75 Å². The summed E-state index contributed by atoms with van der Waals surface area (Å²) in [5, 5.41) is 3.06. The number of nitrogens with zero attached hydrogens (tertiary/aromatic N) is 5. The van der Waals surface area contributed by atoms with E-state index in [1.54, 1.807) is 0 Å². The zero-order valence-electron chi connectivity index (χ0n) is 16.5. The predicted molar refractivity (Wildman–Crippen MR) is 119 cm³/mol. The molecule has 6 rings (SSSR count). The maximum absolute atomic E-state index is 6.03. The van der Waals surface area contributed by atoms with Gasteiger partial charge in [-0.2, -0.15) is 0 Å². The van der Waals surface area contributed by atoms with E-state index in [0.29, 0.717) is 18.5 Å². The second kappa shape index (κ2) is 6.88. The molecule has 8 nitrogen and oxygen atoms in total. The van der Waals surface area contributed by atoms with Crippen LogP contribution in [0.1, 0.15) is 17.4 Å². The van der Waals surface area contributed by atoms with Crippen LogP contribution < -0.4 is 15.8 Å². The van der Waals surface area contributed by atoms with Crippen molar-refractivity contribution in [3.8, 4) is 5.75 Å². The number of nitrogens with two attached hydrogens (primary N) is 1. The molecule has 0 saturated carbocycles. The third kappa shape index (κ3) is 3.05. The molecular weight excluding hydrogens is 390 g/mol. The maximum Gasteiger partial charge on any atom is 0.212 e. The highest BCUT2D eigenvalue weighted by atomic mass is 16.5. The van der Waals surface area contributed by atoms with Gasteiger partial charge in [-0.3, -0.25) is 9.88 Å². The fourth-order valence-corrected chi connectivity index (χ4v) is 3.89. The Morgan fingerprint density at radius 2 is 1.81 bits per heavy atom. The predicted octanol–water partition coefficient (Wildman–Crippen LogP) is 3.55. The van der Waals surface area contributed by atoms with Crippen molar-refractivity contribution < 1.29 is 4.74 Å². The molecule has 0 bridgehead atoms. The largest absolute Gasteiger partial charge is 0.487 e. The van der Waals surface area contributed by atoms with Crippen LogP contribution in [0.15, 0.2) is 84.1 Å². The lowest BCUT2D eigenvalue weighted by Gasteiger charge is -2.24. The molecule has 8 heteroatoms. The molecule has 1 aliphatic heterocycles. The normalized spacial score (nSPS) is 15.5. The van der Waals surface area contributed by atoms with E-state index in [1.165, 1.54) is 0 Å². The Bertz CT molecular complexity index is 1400. The highest BCUT2D eigenvalue weighted by molar-refractivity contribution is 5.94. The number of nitrogens with one attached hydrogen (secondary N) is 1. The first-order valence-corrected chi connectivity index (χ1v) is 9.97. The Morgan fingerprint density at radius 1 is 0.968 bits per heavy atom. The van der Waals surface area contributed by atoms with E-state index < -0.39 is 0 Å². The van der Waals surface area contributed by atoms with Crippen LogP contribution in [0.25, 0.3) is 16.7 Å². The Kier molecular flexibility index (Phi) is 3.89. The Morgan fingerprint density at radius 3 is 2.68 bits per heavy atom. The van der Waals surface area contributed by atoms with Crippen LogP contribution in [0.4, 0.5) is 5.95 Å². The van der Waals surface area contributed by atoms with E-state index in [4.69, 9.17) is 10.5 Å². The van der Waals surface area contributed by atoms with Crippen molar-refractivity contribution in [2.45, 2.75) is 12.8 Å². The summed E-state index contributed by atoms with van der Waals surface area (Å²) in [6, 6.07) is 21.8. The number of hydrogen-bond donors (Lipinski definition) is 2. The van der Waals surface area contributed by atoms with Crippen LogP contribution in [0.2, 0.25) is 0 Å². The SMILES string of the molecule is NC1=N[C@@H](c2ccc(OCc3cn4ccccc4n3)cc2)n2c(nc3ccccc32)N1. The number of fused-ring (bicyclic) bond motifs is 4. The summed E-state index contributed by atoms with van der Waals surface area (Å²) >= 11 is 0. The zero-order chi connectivity index (χ0) is 20.8. The molecule has 3 N–H and O–H groups in total. The lowest BCUT2D eigenvalue weighted by Crippen LogP contribution is -2.31. The molecule has 0 fully saturated rings. The van der Waals surface area contributed by atoms with Gasteiger partial charge in [0, 0.05) is 12.4 Å². The van der Waals surface area contributed by atoms with Gasteiger partial charge in [0.1, 0.15) is 18.0 Å². The fraction of sp³-hybridized carbons (Fsp3) is 0.0870. The number of hydrogen-bond acceptors (Lipinski definition) is 6. The number of ether oxygens (including phenoxy) is 1. The van der Waals surface area contributed by atoms with Gasteiger partial charge in [0.2, 0.25) is 5.95 Å². The molecule has 2 aromatic carbocycles. The number of guanidine groups is 1. The Hall–Kier alpha value is -4.33. The van der Waals surface area contributed by atoms with Gasteiger partial charge in [-0.15, -0.1) is 0 Å². The van der Waals surface area contributed by atoms with Crippen LogP contribution in [-0.2, 0) is 6.61 Å². The summed E-state index contributed by atoms with van der Waals surface area (Å²) < 4.78 is 9.98. The van der Waals surface area contributed by atoms with Gasteiger partial charge >= 0.3 is 0 Å². The van der Waals surface area contributed by atoms with Gasteiger partial charge in [-0.25, -0.2) is 15.0 Å². The smallest absolute Gasteiger partial charge is 0.212 e. The van der Waals surface area contributed by atoms with Gasteiger partial charge in [0.05, 0.1) is 16.7 Å². The van der Waals surface area contributed by atoms with Crippen LogP contribution in [-0.4, -0.2) is 24.9 Å². The second-order valence-corrected chi connectivity index (χ2v) is 7.36. The van der Waals surface area contributed by atoms with Crippen molar-refractivity contribution in [2.24, 2.45) is 10.7 Å². The summed E-state index contributed by atoms with van der Waals surface area (Å²) in [6.45, 7) is 0.399. The molecule has 1 aliphatic rings. The molecule has 0 amide bonds. The van der Waals surface area contributed by atoms with Gasteiger partial charge in [0.15, 0.2) is 12.1 Å². The minimum atomic E-state index is -0.295. The summed E-state index contributed by atoms with van der Waals surface area (Å²) in [6.07, 6.45) is 3.65. The van der Waals surface area contributed by atoms with Crippen LogP contribution in [0, 0.1) is 0 Å². The molecule has 0 radical (unpaired) electrons. The fourth-order valence-electron chi connectivity index (χ4n) is 3.89. The van der Waals surface area contributed by atoms with Gasteiger partial charge in [-0.05, 0) is 42.0 Å². The first-order chi connectivity index (χ1) is 15.2. The van der Waals surface area contributed by atoms with Crippen molar-refractivity contribution >= 4 is 28.6 Å². The lowest BCUT2D eigenvalue weighted by molar-refractivity contribution is 0.302. The van der Waals surface area contributed by atoms with Gasteiger partial charge in [-0.1, -0.05) is 30.3 Å². The summed E-state index contributed by atoms with van der Waals surface area (Å²) in [7, 11) is 0. The van der Waals surface area contributed by atoms with Crippen LogP contribution in [0.3, 0.4) is 0 Å². The van der Waals surface area contributed by atoms with E-state index in [1.807, 2.05) is 83.5 Å². The third-order valence-electron chi connectivity index (χ3n) is 5.32. The summed E-state index contributed by atoms with van der Waals surface area (Å²) in [5.41, 5.74) is 10.7. The molecule has 1 atom stereocenters. The van der Waals surface area contributed by atoms with Gasteiger partial charge < -0.3 is 14.9 Å². The van der Waals surface area contributed by atoms with E-state index in [9.17, 15) is 0 Å². The number of aromatic nitrogens is 4. The van der Waals surface area contributed by atoms with Crippen molar-refractivity contribution in [1.29, 1.82) is 0 Å². The highest BCUT2D eigenvalue weighted by Crippen LogP contribution is 2.32. The highest BCUT2D eigenvalue weighted by Gasteiger charge is 2.24. The van der Waals surface area contributed by atoms with E-state index >= 15 is 0 Å². The van der Waals surface area contributed by atoms with Crippen molar-refractivity contribution in [2.75, 3.05) is 5.32 Å². The van der Waals surface area contributed by atoms with Crippen molar-refractivity contribution in [3.05, 3.63) is 90.4 Å². The average molecular weight is 409 g/mol. The molecule has 0 aliphatic carbocycles. The lowest BCUT2D eigenvalue weighted by atomic mass is 10.1.